The Bertz CT molecular complexity index is 550. The van der Waals surface area contributed by atoms with Gasteiger partial charge in [0.2, 0.25) is 0 Å². The number of hydrogen-bond donors (Lipinski definition) is 1. The Morgan fingerprint density at radius 1 is 1.38 bits per heavy atom. The normalized spacial score (nSPS) is 21.9. The highest BCUT2D eigenvalue weighted by atomic mass is 16.2. The lowest BCUT2D eigenvalue weighted by Gasteiger charge is -2.33. The van der Waals surface area contributed by atoms with Crippen LogP contribution in [0.5, 0.6) is 0 Å². The van der Waals surface area contributed by atoms with E-state index in [4.69, 9.17) is 0 Å². The number of pyridine rings is 1. The molecule has 0 spiro atoms. The number of nitrogens with zero attached hydrogens (tertiary/aromatic N) is 4. The minimum absolute atomic E-state index is 0.142. The second-order valence-electron chi connectivity index (χ2n) is 6.84. The molecule has 2 saturated heterocycles. The van der Waals surface area contributed by atoms with Gasteiger partial charge in [0.25, 0.3) is 5.91 Å². The fourth-order valence-electron chi connectivity index (χ4n) is 3.52. The summed E-state index contributed by atoms with van der Waals surface area (Å²) in [5.41, 5.74) is 0.763. The molecule has 1 amide bonds. The third kappa shape index (κ3) is 3.87. The van der Waals surface area contributed by atoms with E-state index in [1.807, 2.05) is 17.0 Å². The highest BCUT2D eigenvalue weighted by Crippen LogP contribution is 2.18. The number of carbonyl (C=O) groups is 1. The summed E-state index contributed by atoms with van der Waals surface area (Å²) in [6, 6.07) is 4.14. The van der Waals surface area contributed by atoms with Crippen LogP contribution in [0.2, 0.25) is 0 Å². The Labute approximate surface area is 144 Å². The lowest BCUT2D eigenvalue weighted by Crippen LogP contribution is -2.45. The summed E-state index contributed by atoms with van der Waals surface area (Å²) in [4.78, 5) is 24.2. The van der Waals surface area contributed by atoms with Gasteiger partial charge in [-0.3, -0.25) is 4.79 Å². The van der Waals surface area contributed by atoms with Crippen LogP contribution < -0.4 is 10.2 Å². The summed E-state index contributed by atoms with van der Waals surface area (Å²) in [6.45, 7) is 8.86. The van der Waals surface area contributed by atoms with Gasteiger partial charge in [-0.1, -0.05) is 6.92 Å². The van der Waals surface area contributed by atoms with Gasteiger partial charge in [-0.25, -0.2) is 4.98 Å². The van der Waals surface area contributed by atoms with Gasteiger partial charge in [0.05, 0.1) is 0 Å². The molecule has 2 aliphatic rings. The molecule has 1 unspecified atom stereocenters. The van der Waals surface area contributed by atoms with Crippen molar-refractivity contribution in [1.29, 1.82) is 0 Å². The summed E-state index contributed by atoms with van der Waals surface area (Å²) in [7, 11) is 2.14. The Balaban J connectivity index is 1.75. The molecule has 0 bridgehead atoms. The summed E-state index contributed by atoms with van der Waals surface area (Å²) in [6.07, 6.45) is 3.80. The topological polar surface area (TPSA) is 51.7 Å². The standard InChI is InChI=1S/C18H29N5O/c1-3-8-23(16-5-6-19-14-16)18(24)15-4-7-20-17(13-15)22-11-9-21(2)10-12-22/h4,7,13,16,19H,3,5-6,8-12,14H2,1-2H3. The van der Waals surface area contributed by atoms with Gasteiger partial charge in [0, 0.05) is 57.1 Å². The van der Waals surface area contributed by atoms with E-state index in [2.05, 4.69) is 34.1 Å². The van der Waals surface area contributed by atoms with Crippen LogP contribution in [0.3, 0.4) is 0 Å². The number of rotatable bonds is 5. The molecule has 24 heavy (non-hydrogen) atoms. The fraction of sp³-hybridized carbons (Fsp3) is 0.667. The summed E-state index contributed by atoms with van der Waals surface area (Å²) in [5, 5.41) is 3.37. The van der Waals surface area contributed by atoms with Crippen LogP contribution in [0.1, 0.15) is 30.1 Å². The number of likely N-dealkylation sites (N-methyl/N-ethyl adjacent to an activating group) is 1. The maximum Gasteiger partial charge on any atom is 0.254 e. The van der Waals surface area contributed by atoms with Crippen LogP contribution in [0, 0.1) is 0 Å². The highest BCUT2D eigenvalue weighted by molar-refractivity contribution is 5.95. The second-order valence-corrected chi connectivity index (χ2v) is 6.84. The van der Waals surface area contributed by atoms with Crippen LogP contribution in [0.25, 0.3) is 0 Å². The number of aromatic nitrogens is 1. The van der Waals surface area contributed by atoms with Gasteiger partial charge in [0.1, 0.15) is 5.82 Å². The zero-order valence-electron chi connectivity index (χ0n) is 14.9. The van der Waals surface area contributed by atoms with Gasteiger partial charge in [-0.15, -0.1) is 0 Å². The molecule has 3 rings (SSSR count). The van der Waals surface area contributed by atoms with Crippen molar-refractivity contribution in [3.05, 3.63) is 23.9 Å². The molecule has 3 heterocycles. The average molecular weight is 331 g/mol. The van der Waals surface area contributed by atoms with Crippen molar-refractivity contribution in [3.8, 4) is 0 Å². The largest absolute Gasteiger partial charge is 0.354 e. The monoisotopic (exact) mass is 331 g/mol. The minimum Gasteiger partial charge on any atom is -0.354 e. The molecule has 0 saturated carbocycles. The molecule has 1 N–H and O–H groups in total. The van der Waals surface area contributed by atoms with Crippen LogP contribution in [-0.4, -0.2) is 79.6 Å². The molecule has 2 aliphatic heterocycles. The molecule has 0 aromatic carbocycles. The second kappa shape index (κ2) is 7.94. The predicted octanol–water partition coefficient (Wildman–Crippen LogP) is 1.05. The van der Waals surface area contributed by atoms with Gasteiger partial charge in [-0.2, -0.15) is 0 Å². The highest BCUT2D eigenvalue weighted by Gasteiger charge is 2.27. The van der Waals surface area contributed by atoms with E-state index in [-0.39, 0.29) is 5.91 Å². The molecule has 6 heteroatoms. The summed E-state index contributed by atoms with van der Waals surface area (Å²) < 4.78 is 0. The smallest absolute Gasteiger partial charge is 0.254 e. The van der Waals surface area contributed by atoms with Crippen LogP contribution in [0.15, 0.2) is 18.3 Å². The van der Waals surface area contributed by atoms with E-state index in [0.29, 0.717) is 6.04 Å². The van der Waals surface area contributed by atoms with Crippen molar-refractivity contribution in [3.63, 3.8) is 0 Å². The molecule has 1 aromatic heterocycles. The Kier molecular flexibility index (Phi) is 5.68. The number of nitrogens with one attached hydrogen (secondary N) is 1. The molecule has 2 fully saturated rings. The molecular formula is C18H29N5O. The number of anilines is 1. The van der Waals surface area contributed by atoms with Gasteiger partial charge >= 0.3 is 0 Å². The third-order valence-electron chi connectivity index (χ3n) is 5.02. The molecule has 1 aromatic rings. The van der Waals surface area contributed by atoms with E-state index in [0.717, 1.165) is 70.0 Å². The zero-order chi connectivity index (χ0) is 16.9. The van der Waals surface area contributed by atoms with Crippen LogP contribution in [0.4, 0.5) is 5.82 Å². The quantitative estimate of drug-likeness (QED) is 0.874. The van der Waals surface area contributed by atoms with Gasteiger partial charge in [0.15, 0.2) is 0 Å². The number of amides is 1. The number of piperazine rings is 1. The van der Waals surface area contributed by atoms with Crippen molar-refractivity contribution in [2.24, 2.45) is 0 Å². The molecule has 6 nitrogen and oxygen atoms in total. The number of carbonyl (C=O) groups excluding carboxylic acids is 1. The Hall–Kier alpha value is -1.66. The van der Waals surface area contributed by atoms with Gasteiger partial charge < -0.3 is 20.0 Å². The van der Waals surface area contributed by atoms with E-state index < -0.39 is 0 Å². The molecule has 0 radical (unpaired) electrons. The van der Waals surface area contributed by atoms with Crippen molar-refractivity contribution in [2.45, 2.75) is 25.8 Å². The van der Waals surface area contributed by atoms with E-state index >= 15 is 0 Å². The van der Waals surface area contributed by atoms with Gasteiger partial charge in [-0.05, 0) is 38.6 Å². The lowest BCUT2D eigenvalue weighted by atomic mass is 10.1. The minimum atomic E-state index is 0.142. The fourth-order valence-corrected chi connectivity index (χ4v) is 3.52. The molecular weight excluding hydrogens is 302 g/mol. The SMILES string of the molecule is CCCN(C(=O)c1ccnc(N2CCN(C)CC2)c1)C1CCNC1. The average Bonchev–Trinajstić information content (AvgIpc) is 3.14. The first-order chi connectivity index (χ1) is 11.7. The first-order valence-corrected chi connectivity index (χ1v) is 9.10. The Morgan fingerprint density at radius 3 is 2.83 bits per heavy atom. The van der Waals surface area contributed by atoms with E-state index in [9.17, 15) is 4.79 Å². The molecule has 0 aliphatic carbocycles. The van der Waals surface area contributed by atoms with Crippen LogP contribution >= 0.6 is 0 Å². The van der Waals surface area contributed by atoms with Crippen LogP contribution in [-0.2, 0) is 0 Å². The third-order valence-corrected chi connectivity index (χ3v) is 5.02. The first-order valence-electron chi connectivity index (χ1n) is 9.10. The van der Waals surface area contributed by atoms with E-state index in [1.165, 1.54) is 0 Å². The summed E-state index contributed by atoms with van der Waals surface area (Å²) in [5.74, 6) is 1.07. The maximum atomic E-state index is 13.1. The van der Waals surface area contributed by atoms with Crippen molar-refractivity contribution in [1.82, 2.24) is 20.1 Å². The zero-order valence-corrected chi connectivity index (χ0v) is 14.9. The lowest BCUT2D eigenvalue weighted by molar-refractivity contribution is 0.0692. The Morgan fingerprint density at radius 2 is 2.17 bits per heavy atom. The first kappa shape index (κ1) is 17.2. The molecule has 1 atom stereocenters. The molecule has 132 valence electrons. The number of hydrogen-bond acceptors (Lipinski definition) is 5. The summed E-state index contributed by atoms with van der Waals surface area (Å²) >= 11 is 0. The van der Waals surface area contributed by atoms with E-state index in [1.54, 1.807) is 6.20 Å². The predicted molar refractivity (Wildman–Crippen MR) is 96.5 cm³/mol. The van der Waals surface area contributed by atoms with Crippen molar-refractivity contribution in [2.75, 3.05) is 57.8 Å². The van der Waals surface area contributed by atoms with Crippen molar-refractivity contribution >= 4 is 11.7 Å². The maximum absolute atomic E-state index is 13.1. The van der Waals surface area contributed by atoms with Crippen molar-refractivity contribution < 1.29 is 4.79 Å².